The van der Waals surface area contributed by atoms with Gasteiger partial charge in [-0.2, -0.15) is 0 Å². The molecule has 2 aromatic heterocycles. The zero-order valence-electron chi connectivity index (χ0n) is 12.3. The Kier molecular flexibility index (Phi) is 3.47. The van der Waals surface area contributed by atoms with E-state index in [4.69, 9.17) is 0 Å². The predicted octanol–water partition coefficient (Wildman–Crippen LogP) is 4.59. The summed E-state index contributed by atoms with van der Waals surface area (Å²) < 4.78 is 0.135. The minimum atomic E-state index is 0.135. The average Bonchev–Trinajstić information content (AvgIpc) is 2.85. The molecular weight excluding hydrogens is 312 g/mol. The van der Waals surface area contributed by atoms with Crippen LogP contribution in [-0.4, -0.2) is 4.98 Å². The maximum Gasteiger partial charge on any atom is 0.246 e. The molecule has 4 rings (SSSR count). The average molecular weight is 328 g/mol. The monoisotopic (exact) mass is 328 g/mol. The summed E-state index contributed by atoms with van der Waals surface area (Å²) in [6, 6.07) is 9.86. The first-order valence-corrected chi connectivity index (χ1v) is 9.11. The molecule has 0 aliphatic heterocycles. The number of aromatic nitrogens is 1. The molecule has 1 N–H and O–H groups in total. The number of thiophene rings is 1. The lowest BCUT2D eigenvalue weighted by Crippen LogP contribution is -2.10. The third kappa shape index (κ3) is 2.44. The SMILES string of the molecule is CC1CCc2c(sc3nc(Nc4ccccc4)sc(=O)c23)C1. The fraction of sp³-hybridized carbons (Fsp3) is 0.294. The zero-order chi connectivity index (χ0) is 15.1. The van der Waals surface area contributed by atoms with Crippen molar-refractivity contribution in [3.63, 3.8) is 0 Å². The molecule has 1 aliphatic carbocycles. The van der Waals surface area contributed by atoms with Gasteiger partial charge in [-0.3, -0.25) is 4.79 Å². The van der Waals surface area contributed by atoms with Crippen molar-refractivity contribution in [1.29, 1.82) is 0 Å². The highest BCUT2D eigenvalue weighted by atomic mass is 32.1. The number of hydrogen-bond acceptors (Lipinski definition) is 5. The van der Waals surface area contributed by atoms with E-state index in [1.54, 1.807) is 11.3 Å². The van der Waals surface area contributed by atoms with Crippen molar-refractivity contribution in [2.24, 2.45) is 5.92 Å². The lowest BCUT2D eigenvalue weighted by atomic mass is 9.89. The van der Waals surface area contributed by atoms with Crippen LogP contribution in [0.3, 0.4) is 0 Å². The Morgan fingerprint density at radius 1 is 1.23 bits per heavy atom. The summed E-state index contributed by atoms with van der Waals surface area (Å²) in [6.45, 7) is 2.28. The Hall–Kier alpha value is -1.72. The number of benzene rings is 1. The Labute approximate surface area is 136 Å². The highest BCUT2D eigenvalue weighted by Crippen LogP contribution is 2.37. The molecule has 3 aromatic rings. The smallest absolute Gasteiger partial charge is 0.246 e. The van der Waals surface area contributed by atoms with Gasteiger partial charge in [0.25, 0.3) is 0 Å². The van der Waals surface area contributed by atoms with Crippen LogP contribution in [0, 0.1) is 5.92 Å². The number of anilines is 2. The van der Waals surface area contributed by atoms with E-state index in [2.05, 4.69) is 17.2 Å². The van der Waals surface area contributed by atoms with Crippen molar-refractivity contribution in [3.8, 4) is 0 Å². The van der Waals surface area contributed by atoms with Gasteiger partial charge >= 0.3 is 0 Å². The van der Waals surface area contributed by atoms with Gasteiger partial charge in [-0.25, -0.2) is 4.98 Å². The quantitative estimate of drug-likeness (QED) is 0.748. The number of nitrogens with zero attached hydrogens (tertiary/aromatic N) is 1. The molecule has 0 spiro atoms. The molecule has 5 heteroatoms. The number of hydrogen-bond donors (Lipinski definition) is 1. The van der Waals surface area contributed by atoms with Gasteiger partial charge in [0, 0.05) is 10.6 Å². The molecule has 1 unspecified atom stereocenters. The number of nitrogens with one attached hydrogen (secondary N) is 1. The number of aryl methyl sites for hydroxylation is 1. The van der Waals surface area contributed by atoms with E-state index in [9.17, 15) is 4.79 Å². The Bertz CT molecular complexity index is 883. The first-order chi connectivity index (χ1) is 10.7. The summed E-state index contributed by atoms with van der Waals surface area (Å²) in [5.74, 6) is 0.709. The van der Waals surface area contributed by atoms with Crippen LogP contribution >= 0.6 is 22.7 Å². The van der Waals surface area contributed by atoms with Crippen LogP contribution in [-0.2, 0) is 12.8 Å². The second-order valence-electron chi connectivity index (χ2n) is 5.83. The Morgan fingerprint density at radius 3 is 2.86 bits per heavy atom. The second-order valence-corrected chi connectivity index (χ2v) is 7.87. The van der Waals surface area contributed by atoms with E-state index in [0.717, 1.165) is 28.7 Å². The first kappa shape index (κ1) is 13.9. The van der Waals surface area contributed by atoms with Crippen molar-refractivity contribution in [2.75, 3.05) is 5.32 Å². The lowest BCUT2D eigenvalue weighted by molar-refractivity contribution is 0.509. The first-order valence-electron chi connectivity index (χ1n) is 7.48. The highest BCUT2D eigenvalue weighted by Gasteiger charge is 2.23. The van der Waals surface area contributed by atoms with Gasteiger partial charge in [-0.1, -0.05) is 36.5 Å². The topological polar surface area (TPSA) is 42.0 Å². The van der Waals surface area contributed by atoms with Crippen LogP contribution in [0.2, 0.25) is 0 Å². The number of fused-ring (bicyclic) bond motifs is 3. The van der Waals surface area contributed by atoms with Gasteiger partial charge in [-0.15, -0.1) is 11.3 Å². The van der Waals surface area contributed by atoms with E-state index < -0.39 is 0 Å². The van der Waals surface area contributed by atoms with Crippen LogP contribution in [0.15, 0.2) is 35.1 Å². The van der Waals surface area contributed by atoms with Crippen molar-refractivity contribution in [1.82, 2.24) is 4.98 Å². The molecule has 1 atom stereocenters. The molecule has 1 aliphatic rings. The van der Waals surface area contributed by atoms with Crippen molar-refractivity contribution in [3.05, 3.63) is 50.3 Å². The van der Waals surface area contributed by atoms with Gasteiger partial charge in [0.2, 0.25) is 4.74 Å². The molecule has 0 fully saturated rings. The van der Waals surface area contributed by atoms with Crippen LogP contribution < -0.4 is 10.1 Å². The van der Waals surface area contributed by atoms with E-state index in [1.165, 1.54) is 28.2 Å². The van der Waals surface area contributed by atoms with E-state index >= 15 is 0 Å². The predicted molar refractivity (Wildman–Crippen MR) is 94.7 cm³/mol. The largest absolute Gasteiger partial charge is 0.331 e. The maximum atomic E-state index is 12.5. The molecule has 0 saturated heterocycles. The summed E-state index contributed by atoms with van der Waals surface area (Å²) >= 11 is 2.91. The van der Waals surface area contributed by atoms with Gasteiger partial charge in [0.15, 0.2) is 5.13 Å². The summed E-state index contributed by atoms with van der Waals surface area (Å²) in [6.07, 6.45) is 3.28. The molecule has 1 aromatic carbocycles. The van der Waals surface area contributed by atoms with E-state index in [1.807, 2.05) is 30.3 Å². The Balaban J connectivity index is 1.79. The minimum absolute atomic E-state index is 0.135. The van der Waals surface area contributed by atoms with Crippen LogP contribution in [0.25, 0.3) is 10.2 Å². The van der Waals surface area contributed by atoms with Crippen LogP contribution in [0.5, 0.6) is 0 Å². The molecular formula is C17H16N2OS2. The fourth-order valence-corrected chi connectivity index (χ4v) is 5.29. The van der Waals surface area contributed by atoms with E-state index in [-0.39, 0.29) is 4.74 Å². The molecule has 0 amide bonds. The second kappa shape index (κ2) is 5.48. The van der Waals surface area contributed by atoms with Gasteiger partial charge in [0.1, 0.15) is 4.83 Å². The highest BCUT2D eigenvalue weighted by molar-refractivity contribution is 7.20. The Morgan fingerprint density at radius 2 is 2.05 bits per heavy atom. The molecule has 0 saturated carbocycles. The molecule has 0 bridgehead atoms. The van der Waals surface area contributed by atoms with Crippen molar-refractivity contribution < 1.29 is 0 Å². The third-order valence-corrected chi connectivity index (χ3v) is 6.04. The fourth-order valence-electron chi connectivity index (χ4n) is 2.98. The lowest BCUT2D eigenvalue weighted by Gasteiger charge is -2.17. The molecule has 22 heavy (non-hydrogen) atoms. The van der Waals surface area contributed by atoms with Crippen molar-refractivity contribution >= 4 is 43.7 Å². The zero-order valence-corrected chi connectivity index (χ0v) is 13.9. The van der Waals surface area contributed by atoms with Gasteiger partial charge < -0.3 is 5.32 Å². The van der Waals surface area contributed by atoms with Gasteiger partial charge in [-0.05, 0) is 42.9 Å². The van der Waals surface area contributed by atoms with Crippen LogP contribution in [0.1, 0.15) is 23.8 Å². The normalized spacial score (nSPS) is 17.4. The summed E-state index contributed by atoms with van der Waals surface area (Å²) in [4.78, 5) is 19.5. The maximum absolute atomic E-state index is 12.5. The van der Waals surface area contributed by atoms with E-state index in [0.29, 0.717) is 11.0 Å². The van der Waals surface area contributed by atoms with Crippen LogP contribution in [0.4, 0.5) is 10.8 Å². The van der Waals surface area contributed by atoms with Crippen molar-refractivity contribution in [2.45, 2.75) is 26.2 Å². The molecule has 112 valence electrons. The third-order valence-electron chi connectivity index (χ3n) is 4.11. The summed E-state index contributed by atoms with van der Waals surface area (Å²) in [5.41, 5.74) is 2.22. The van der Waals surface area contributed by atoms with Gasteiger partial charge in [0.05, 0.1) is 5.39 Å². The number of rotatable bonds is 2. The number of para-hydroxylation sites is 1. The minimum Gasteiger partial charge on any atom is -0.331 e. The molecule has 3 nitrogen and oxygen atoms in total. The molecule has 2 heterocycles. The molecule has 0 radical (unpaired) electrons. The summed E-state index contributed by atoms with van der Waals surface area (Å²) in [7, 11) is 0. The summed E-state index contributed by atoms with van der Waals surface area (Å²) in [5, 5.41) is 4.79. The standard InChI is InChI=1S/C17H16N2OS2/c1-10-7-8-12-13(9-10)21-15-14(12)16(20)22-17(19-15)18-11-5-3-2-4-6-11/h2-6,10H,7-9H2,1H3,(H,18,19).